The van der Waals surface area contributed by atoms with Crippen molar-refractivity contribution >= 4 is 23.1 Å². The third kappa shape index (κ3) is 4.45. The quantitative estimate of drug-likeness (QED) is 0.321. The van der Waals surface area contributed by atoms with Gasteiger partial charge in [0.2, 0.25) is 0 Å². The molecule has 8 heteroatoms. The molecule has 1 saturated heterocycles. The van der Waals surface area contributed by atoms with Gasteiger partial charge in [0.25, 0.3) is 11.7 Å². The fourth-order valence-electron chi connectivity index (χ4n) is 3.81. The molecule has 4 rings (SSSR count). The molecule has 0 saturated carbocycles. The van der Waals surface area contributed by atoms with E-state index in [0.717, 1.165) is 17.7 Å². The molecule has 3 aromatic carbocycles. The fourth-order valence-corrected chi connectivity index (χ4v) is 3.81. The van der Waals surface area contributed by atoms with Crippen LogP contribution in [-0.4, -0.2) is 23.2 Å². The van der Waals surface area contributed by atoms with E-state index in [0.29, 0.717) is 11.1 Å². The van der Waals surface area contributed by atoms with Gasteiger partial charge in [-0.25, -0.2) is 0 Å². The number of ketones is 1. The van der Waals surface area contributed by atoms with Crippen molar-refractivity contribution in [3.63, 3.8) is 0 Å². The summed E-state index contributed by atoms with van der Waals surface area (Å²) in [5, 5.41) is 11.0. The smallest absolute Gasteiger partial charge is 0.507 e. The lowest BCUT2D eigenvalue weighted by molar-refractivity contribution is -0.274. The zero-order valence-electron chi connectivity index (χ0n) is 17.3. The van der Waals surface area contributed by atoms with Crippen LogP contribution in [0.25, 0.3) is 5.76 Å². The largest absolute Gasteiger partial charge is 0.573 e. The highest BCUT2D eigenvalue weighted by Gasteiger charge is 2.47. The molecule has 1 heterocycles. The first kappa shape index (κ1) is 22.1. The van der Waals surface area contributed by atoms with Crippen LogP contribution < -0.4 is 9.64 Å². The molecule has 5 nitrogen and oxygen atoms in total. The lowest BCUT2D eigenvalue weighted by Crippen LogP contribution is -2.29. The molecule has 0 aromatic heterocycles. The summed E-state index contributed by atoms with van der Waals surface area (Å²) in [6, 6.07) is 19.1. The summed E-state index contributed by atoms with van der Waals surface area (Å²) < 4.78 is 41.4. The fraction of sp³-hybridized carbons (Fsp3) is 0.120. The number of carbonyl (C=O) groups is 2. The first-order chi connectivity index (χ1) is 15.7. The summed E-state index contributed by atoms with van der Waals surface area (Å²) in [7, 11) is 0. The maximum Gasteiger partial charge on any atom is 0.573 e. The van der Waals surface area contributed by atoms with Crippen molar-refractivity contribution in [1.29, 1.82) is 0 Å². The van der Waals surface area contributed by atoms with Crippen molar-refractivity contribution in [3.05, 3.63) is 101 Å². The number of aliphatic hydroxyl groups is 1. The topological polar surface area (TPSA) is 66.8 Å². The number of hydrogen-bond donors (Lipinski definition) is 1. The summed E-state index contributed by atoms with van der Waals surface area (Å²) in [4.78, 5) is 27.3. The summed E-state index contributed by atoms with van der Waals surface area (Å²) in [6.45, 7) is 1.84. The van der Waals surface area contributed by atoms with Crippen LogP contribution in [0.2, 0.25) is 0 Å². The molecule has 33 heavy (non-hydrogen) atoms. The predicted molar refractivity (Wildman–Crippen MR) is 116 cm³/mol. The zero-order chi connectivity index (χ0) is 23.8. The molecule has 0 spiro atoms. The number of alkyl halides is 3. The monoisotopic (exact) mass is 453 g/mol. The second-order valence-corrected chi connectivity index (χ2v) is 7.49. The average molecular weight is 453 g/mol. The van der Waals surface area contributed by atoms with E-state index in [1.165, 1.54) is 17.0 Å². The Morgan fingerprint density at radius 3 is 2.21 bits per heavy atom. The van der Waals surface area contributed by atoms with Gasteiger partial charge in [0.15, 0.2) is 0 Å². The number of amides is 1. The Kier molecular flexibility index (Phi) is 5.68. The van der Waals surface area contributed by atoms with Crippen molar-refractivity contribution in [2.45, 2.75) is 19.3 Å². The lowest BCUT2D eigenvalue weighted by Gasteiger charge is -2.26. The first-order valence-electron chi connectivity index (χ1n) is 9.94. The summed E-state index contributed by atoms with van der Waals surface area (Å²) in [6.07, 6.45) is -4.86. The number of rotatable bonds is 4. The second kappa shape index (κ2) is 8.46. The Balaban J connectivity index is 1.86. The molecule has 3 aromatic rings. The maximum atomic E-state index is 13.1. The number of anilines is 1. The normalized spacial score (nSPS) is 17.9. The molecular weight excluding hydrogens is 435 g/mol. The molecule has 1 fully saturated rings. The number of ether oxygens (including phenoxy) is 1. The Morgan fingerprint density at radius 2 is 1.61 bits per heavy atom. The number of carbonyl (C=O) groups excluding carboxylic acids is 2. The summed E-state index contributed by atoms with van der Waals surface area (Å²) in [5.41, 5.74) is 1.88. The third-order valence-electron chi connectivity index (χ3n) is 5.20. The molecule has 1 atom stereocenters. The van der Waals surface area contributed by atoms with Crippen molar-refractivity contribution in [1.82, 2.24) is 0 Å². The van der Waals surface area contributed by atoms with Crippen molar-refractivity contribution in [2.24, 2.45) is 0 Å². The highest BCUT2D eigenvalue weighted by Crippen LogP contribution is 2.42. The molecular formula is C25H18F3NO4. The number of benzene rings is 3. The minimum absolute atomic E-state index is 0.104. The number of hydrogen-bond acceptors (Lipinski definition) is 4. The van der Waals surface area contributed by atoms with Crippen LogP contribution in [0.1, 0.15) is 22.7 Å². The molecule has 0 aliphatic carbocycles. The highest BCUT2D eigenvalue weighted by molar-refractivity contribution is 6.51. The summed E-state index contributed by atoms with van der Waals surface area (Å²) >= 11 is 0. The van der Waals surface area contributed by atoms with E-state index in [-0.39, 0.29) is 17.0 Å². The molecule has 0 bridgehead atoms. The average Bonchev–Trinajstić information content (AvgIpc) is 3.04. The molecule has 1 aliphatic heterocycles. The van der Waals surface area contributed by atoms with E-state index < -0.39 is 29.8 Å². The Morgan fingerprint density at radius 1 is 0.939 bits per heavy atom. The van der Waals surface area contributed by atoms with Gasteiger partial charge in [0.1, 0.15) is 11.5 Å². The molecule has 1 amide bonds. The number of Topliss-reactive ketones (excluding diaryl/α,β-unsaturated/α-hetero) is 1. The zero-order valence-corrected chi connectivity index (χ0v) is 17.3. The van der Waals surface area contributed by atoms with Gasteiger partial charge < -0.3 is 9.84 Å². The standard InChI is InChI=1S/C25H18F3NO4/c1-15-6-5-9-17(14-15)21-20(22(30)16-7-3-2-4-8-16)23(31)24(32)29(21)18-10-12-19(13-11-18)33-25(26,27)28/h2-14,21,30H,1H3/b22-20-. The molecule has 1 aliphatic rings. The first-order valence-corrected chi connectivity index (χ1v) is 9.94. The highest BCUT2D eigenvalue weighted by atomic mass is 19.4. The minimum atomic E-state index is -4.86. The van der Waals surface area contributed by atoms with Crippen molar-refractivity contribution < 1.29 is 32.6 Å². The minimum Gasteiger partial charge on any atom is -0.507 e. The van der Waals surface area contributed by atoms with E-state index in [4.69, 9.17) is 0 Å². The Labute approximate surface area is 187 Å². The van der Waals surface area contributed by atoms with Crippen molar-refractivity contribution in [3.8, 4) is 5.75 Å². The van der Waals surface area contributed by atoms with Gasteiger partial charge in [-0.3, -0.25) is 14.5 Å². The number of nitrogens with zero attached hydrogens (tertiary/aromatic N) is 1. The van der Waals surface area contributed by atoms with E-state index in [2.05, 4.69) is 4.74 Å². The molecule has 1 unspecified atom stereocenters. The predicted octanol–water partition coefficient (Wildman–Crippen LogP) is 5.52. The van der Waals surface area contributed by atoms with E-state index in [1.807, 2.05) is 13.0 Å². The van der Waals surface area contributed by atoms with Gasteiger partial charge in [0.05, 0.1) is 11.6 Å². The molecule has 1 N–H and O–H groups in total. The SMILES string of the molecule is Cc1cccc(C2/C(=C(/O)c3ccccc3)C(=O)C(=O)N2c2ccc(OC(F)(F)F)cc2)c1. The number of aliphatic hydroxyl groups excluding tert-OH is 1. The summed E-state index contributed by atoms with van der Waals surface area (Å²) in [5.74, 6) is -2.58. The Hall–Kier alpha value is -4.07. The third-order valence-corrected chi connectivity index (χ3v) is 5.20. The maximum absolute atomic E-state index is 13.1. The number of aryl methyl sites for hydroxylation is 1. The van der Waals surface area contributed by atoms with Crippen LogP contribution in [0.4, 0.5) is 18.9 Å². The van der Waals surface area contributed by atoms with Crippen LogP contribution in [0.3, 0.4) is 0 Å². The lowest BCUT2D eigenvalue weighted by atomic mass is 9.94. The van der Waals surface area contributed by atoms with E-state index >= 15 is 0 Å². The van der Waals surface area contributed by atoms with Gasteiger partial charge in [-0.2, -0.15) is 0 Å². The van der Waals surface area contributed by atoms with Crippen LogP contribution in [0, 0.1) is 6.92 Å². The van der Waals surface area contributed by atoms with Gasteiger partial charge in [0, 0.05) is 11.3 Å². The van der Waals surface area contributed by atoms with Gasteiger partial charge in [-0.05, 0) is 36.8 Å². The molecule has 168 valence electrons. The Bertz CT molecular complexity index is 1230. The van der Waals surface area contributed by atoms with E-state index in [1.54, 1.807) is 48.5 Å². The van der Waals surface area contributed by atoms with Crippen LogP contribution >= 0.6 is 0 Å². The van der Waals surface area contributed by atoms with Crippen LogP contribution in [0.15, 0.2) is 84.4 Å². The van der Waals surface area contributed by atoms with Gasteiger partial charge in [-0.15, -0.1) is 13.2 Å². The van der Waals surface area contributed by atoms with Crippen LogP contribution in [0.5, 0.6) is 5.75 Å². The van der Waals surface area contributed by atoms with Crippen molar-refractivity contribution in [2.75, 3.05) is 4.90 Å². The molecule has 0 radical (unpaired) electrons. The van der Waals surface area contributed by atoms with Gasteiger partial charge in [-0.1, -0.05) is 60.2 Å². The second-order valence-electron chi connectivity index (χ2n) is 7.49. The van der Waals surface area contributed by atoms with Crippen LogP contribution in [-0.2, 0) is 9.59 Å². The van der Waals surface area contributed by atoms with E-state index in [9.17, 15) is 27.9 Å². The number of halogens is 3. The van der Waals surface area contributed by atoms with Gasteiger partial charge >= 0.3 is 6.36 Å².